The van der Waals surface area contributed by atoms with Crippen LogP contribution in [0.1, 0.15) is 65.7 Å². The van der Waals surface area contributed by atoms with Gasteiger partial charge in [-0.2, -0.15) is 0 Å². The Morgan fingerprint density at radius 1 is 1.18 bits per heavy atom. The average Bonchev–Trinajstić information content (AvgIpc) is 2.35. The molecule has 0 spiro atoms. The summed E-state index contributed by atoms with van der Waals surface area (Å²) in [6.45, 7) is 6.43. The van der Waals surface area contributed by atoms with E-state index in [2.05, 4.69) is 26.1 Å². The second-order valence-corrected chi connectivity index (χ2v) is 4.75. The number of methoxy groups -OCH3 is 1. The van der Waals surface area contributed by atoms with E-state index in [-0.39, 0.29) is 12.0 Å². The first-order valence-corrected chi connectivity index (χ1v) is 6.99. The third-order valence-electron chi connectivity index (χ3n) is 3.18. The summed E-state index contributed by atoms with van der Waals surface area (Å²) in [6, 6.07) is 0.242. The van der Waals surface area contributed by atoms with Gasteiger partial charge in [0.15, 0.2) is 0 Å². The van der Waals surface area contributed by atoms with E-state index in [0.717, 1.165) is 19.3 Å². The van der Waals surface area contributed by atoms with Crippen molar-refractivity contribution >= 4 is 5.97 Å². The highest BCUT2D eigenvalue weighted by Gasteiger charge is 2.19. The van der Waals surface area contributed by atoms with Gasteiger partial charge < -0.3 is 10.1 Å². The Labute approximate surface area is 106 Å². The van der Waals surface area contributed by atoms with Crippen molar-refractivity contribution in [3.63, 3.8) is 0 Å². The minimum Gasteiger partial charge on any atom is -0.468 e. The summed E-state index contributed by atoms with van der Waals surface area (Å²) in [5.74, 6) is -0.124. The van der Waals surface area contributed by atoms with Gasteiger partial charge in [-0.25, -0.2) is 0 Å². The molecule has 3 heteroatoms. The molecule has 3 nitrogen and oxygen atoms in total. The second-order valence-electron chi connectivity index (χ2n) is 4.75. The molecule has 0 aromatic rings. The quantitative estimate of drug-likeness (QED) is 0.473. The van der Waals surface area contributed by atoms with E-state index < -0.39 is 0 Å². The molecular weight excluding hydrogens is 214 g/mol. The molecule has 0 fully saturated rings. The van der Waals surface area contributed by atoms with Crippen LogP contribution in [0.2, 0.25) is 0 Å². The molecule has 0 aliphatic carbocycles. The maximum atomic E-state index is 11.6. The molecule has 102 valence electrons. The minimum atomic E-state index is -0.128. The van der Waals surface area contributed by atoms with Crippen molar-refractivity contribution < 1.29 is 9.53 Å². The maximum Gasteiger partial charge on any atom is 0.322 e. The predicted octanol–water partition coefficient (Wildman–Crippen LogP) is 3.28. The molecule has 2 atom stereocenters. The van der Waals surface area contributed by atoms with Crippen molar-refractivity contribution in [1.29, 1.82) is 0 Å². The van der Waals surface area contributed by atoms with E-state index in [1.807, 2.05) is 0 Å². The third-order valence-corrected chi connectivity index (χ3v) is 3.18. The number of hydrogen-bond donors (Lipinski definition) is 1. The van der Waals surface area contributed by atoms with Crippen molar-refractivity contribution in [3.8, 4) is 0 Å². The number of unbranched alkanes of at least 4 members (excludes halogenated alkanes) is 4. The van der Waals surface area contributed by atoms with Crippen LogP contribution in [0.5, 0.6) is 0 Å². The topological polar surface area (TPSA) is 38.3 Å². The van der Waals surface area contributed by atoms with Gasteiger partial charge in [0.2, 0.25) is 0 Å². The van der Waals surface area contributed by atoms with Gasteiger partial charge in [-0.1, -0.05) is 46.0 Å². The van der Waals surface area contributed by atoms with Gasteiger partial charge in [0.25, 0.3) is 0 Å². The lowest BCUT2D eigenvalue weighted by Gasteiger charge is -2.20. The Morgan fingerprint density at radius 3 is 2.35 bits per heavy atom. The highest BCUT2D eigenvalue weighted by Crippen LogP contribution is 2.09. The number of esters is 1. The Bertz CT molecular complexity index is 195. The van der Waals surface area contributed by atoms with Gasteiger partial charge in [-0.3, -0.25) is 4.79 Å². The van der Waals surface area contributed by atoms with Crippen molar-refractivity contribution in [2.45, 2.75) is 77.8 Å². The molecule has 17 heavy (non-hydrogen) atoms. The van der Waals surface area contributed by atoms with E-state index >= 15 is 0 Å². The van der Waals surface area contributed by atoms with Gasteiger partial charge in [0.1, 0.15) is 6.04 Å². The van der Waals surface area contributed by atoms with Crippen LogP contribution >= 0.6 is 0 Å². The van der Waals surface area contributed by atoms with E-state index in [4.69, 9.17) is 4.74 Å². The first kappa shape index (κ1) is 16.4. The second kappa shape index (κ2) is 10.6. The van der Waals surface area contributed by atoms with Crippen LogP contribution in [0, 0.1) is 0 Å². The number of hydrogen-bond acceptors (Lipinski definition) is 3. The average molecular weight is 243 g/mol. The SMILES string of the molecule is CCCCCCCC(NC(C)CC)C(=O)OC. The number of carbonyl (C=O) groups is 1. The highest BCUT2D eigenvalue weighted by atomic mass is 16.5. The van der Waals surface area contributed by atoms with Crippen LogP contribution in [0.4, 0.5) is 0 Å². The van der Waals surface area contributed by atoms with Crippen LogP contribution in [0.3, 0.4) is 0 Å². The summed E-state index contributed by atoms with van der Waals surface area (Å²) in [6.07, 6.45) is 8.05. The molecule has 0 heterocycles. The minimum absolute atomic E-state index is 0.124. The highest BCUT2D eigenvalue weighted by molar-refractivity contribution is 5.75. The largest absolute Gasteiger partial charge is 0.468 e. The fourth-order valence-corrected chi connectivity index (χ4v) is 1.82. The first-order valence-electron chi connectivity index (χ1n) is 6.99. The van der Waals surface area contributed by atoms with E-state index in [9.17, 15) is 4.79 Å². The van der Waals surface area contributed by atoms with Crippen LogP contribution in [-0.4, -0.2) is 25.2 Å². The lowest BCUT2D eigenvalue weighted by atomic mass is 10.1. The molecule has 1 N–H and O–H groups in total. The Kier molecular flexibility index (Phi) is 10.2. The summed E-state index contributed by atoms with van der Waals surface area (Å²) in [5.41, 5.74) is 0. The smallest absolute Gasteiger partial charge is 0.322 e. The molecule has 0 amide bonds. The molecule has 0 aromatic heterocycles. The molecule has 0 bridgehead atoms. The van der Waals surface area contributed by atoms with Crippen molar-refractivity contribution in [2.24, 2.45) is 0 Å². The fourth-order valence-electron chi connectivity index (χ4n) is 1.82. The monoisotopic (exact) mass is 243 g/mol. The third kappa shape index (κ3) is 8.19. The number of rotatable bonds is 10. The van der Waals surface area contributed by atoms with E-state index in [0.29, 0.717) is 6.04 Å². The van der Waals surface area contributed by atoms with Gasteiger partial charge in [0.05, 0.1) is 7.11 Å². The predicted molar refractivity (Wildman–Crippen MR) is 72.1 cm³/mol. The van der Waals surface area contributed by atoms with Crippen LogP contribution < -0.4 is 5.32 Å². The molecule has 0 aliphatic rings. The fraction of sp³-hybridized carbons (Fsp3) is 0.929. The molecule has 0 radical (unpaired) electrons. The molecular formula is C14H29NO2. The summed E-state index contributed by atoms with van der Waals surface area (Å²) in [5, 5.41) is 3.33. The van der Waals surface area contributed by atoms with Crippen molar-refractivity contribution in [3.05, 3.63) is 0 Å². The number of nitrogens with one attached hydrogen (secondary N) is 1. The normalized spacial score (nSPS) is 14.4. The summed E-state index contributed by atoms with van der Waals surface area (Å²) >= 11 is 0. The van der Waals surface area contributed by atoms with Gasteiger partial charge in [-0.05, 0) is 19.8 Å². The van der Waals surface area contributed by atoms with Crippen LogP contribution in [0.25, 0.3) is 0 Å². The lowest BCUT2D eigenvalue weighted by molar-refractivity contribution is -0.143. The molecule has 0 rings (SSSR count). The molecule has 0 aliphatic heterocycles. The molecule has 0 saturated carbocycles. The zero-order valence-electron chi connectivity index (χ0n) is 11.9. The first-order chi connectivity index (χ1) is 8.15. The van der Waals surface area contributed by atoms with Gasteiger partial charge in [-0.15, -0.1) is 0 Å². The van der Waals surface area contributed by atoms with Crippen molar-refractivity contribution in [2.75, 3.05) is 7.11 Å². The summed E-state index contributed by atoms with van der Waals surface area (Å²) in [4.78, 5) is 11.6. The maximum absolute atomic E-state index is 11.6. The van der Waals surface area contributed by atoms with E-state index in [1.165, 1.54) is 32.8 Å². The van der Waals surface area contributed by atoms with Crippen LogP contribution in [-0.2, 0) is 9.53 Å². The number of ether oxygens (including phenoxy) is 1. The zero-order valence-corrected chi connectivity index (χ0v) is 11.9. The molecule has 2 unspecified atom stereocenters. The van der Waals surface area contributed by atoms with Gasteiger partial charge in [0, 0.05) is 6.04 Å². The summed E-state index contributed by atoms with van der Waals surface area (Å²) in [7, 11) is 1.46. The van der Waals surface area contributed by atoms with Gasteiger partial charge >= 0.3 is 5.97 Å². The number of carbonyl (C=O) groups excluding carboxylic acids is 1. The van der Waals surface area contributed by atoms with E-state index in [1.54, 1.807) is 0 Å². The molecule has 0 aromatic carbocycles. The summed E-state index contributed by atoms with van der Waals surface area (Å²) < 4.78 is 4.83. The Hall–Kier alpha value is -0.570. The van der Waals surface area contributed by atoms with Crippen LogP contribution in [0.15, 0.2) is 0 Å². The zero-order chi connectivity index (χ0) is 13.1. The standard InChI is InChI=1S/C14H29NO2/c1-5-7-8-9-10-11-13(14(16)17-4)15-12(3)6-2/h12-13,15H,5-11H2,1-4H3. The lowest BCUT2D eigenvalue weighted by Crippen LogP contribution is -2.42. The molecule has 0 saturated heterocycles. The Balaban J connectivity index is 3.89. The Morgan fingerprint density at radius 2 is 1.82 bits per heavy atom. The van der Waals surface area contributed by atoms with Crippen molar-refractivity contribution in [1.82, 2.24) is 5.32 Å².